The lowest BCUT2D eigenvalue weighted by molar-refractivity contribution is 0.0795. The van der Waals surface area contributed by atoms with Crippen molar-refractivity contribution in [1.82, 2.24) is 4.90 Å². The Morgan fingerprint density at radius 3 is 2.52 bits per heavy atom. The Hall–Kier alpha value is -1.09. The summed E-state index contributed by atoms with van der Waals surface area (Å²) in [6.07, 6.45) is 9.71. The molecule has 2 atom stereocenters. The number of fused-ring (bicyclic) bond motifs is 4. The van der Waals surface area contributed by atoms with Crippen molar-refractivity contribution in [3.05, 3.63) is 29.6 Å². The molecule has 3 fully saturated rings. The maximum atomic E-state index is 13.7. The van der Waals surface area contributed by atoms with Gasteiger partial charge in [-0.05, 0) is 80.8 Å². The van der Waals surface area contributed by atoms with Crippen LogP contribution in [0.5, 0.6) is 0 Å². The van der Waals surface area contributed by atoms with Gasteiger partial charge in [-0.1, -0.05) is 12.8 Å². The summed E-state index contributed by atoms with van der Waals surface area (Å²) < 4.78 is 13.7. The Morgan fingerprint density at radius 1 is 1.04 bits per heavy atom. The average molecular weight is 314 g/mol. The molecule has 2 heterocycles. The van der Waals surface area contributed by atoms with Crippen LogP contribution < -0.4 is 5.32 Å². The normalized spacial score (nSPS) is 35.3. The number of nitrogens with zero attached hydrogens (tertiary/aromatic N) is 1. The van der Waals surface area contributed by atoms with Crippen LogP contribution in [-0.2, 0) is 5.41 Å². The van der Waals surface area contributed by atoms with Crippen molar-refractivity contribution in [3.63, 3.8) is 0 Å². The molecule has 3 heteroatoms. The van der Waals surface area contributed by atoms with Crippen molar-refractivity contribution >= 4 is 5.69 Å². The second kappa shape index (κ2) is 5.20. The molecule has 1 N–H and O–H groups in total. The number of likely N-dealkylation sites (tertiary alicyclic amines) is 1. The SMILES string of the molecule is Fc1ccc2c(c1)C1(CCN(C3CC4CCC(C4)C3)CC1)CN2. The lowest BCUT2D eigenvalue weighted by atomic mass is 9.73. The maximum Gasteiger partial charge on any atom is 0.123 e. The molecule has 1 aromatic carbocycles. The standard InChI is InChI=1S/C20H27FN2/c21-16-3-4-19-18(12-16)20(13-22-19)5-7-23(8-6-20)17-10-14-1-2-15(9-14)11-17/h3-4,12,14-15,17,22H,1-2,5-11,13H2. The van der Waals surface area contributed by atoms with Gasteiger partial charge < -0.3 is 10.2 Å². The molecule has 2 bridgehead atoms. The maximum absolute atomic E-state index is 13.7. The van der Waals surface area contributed by atoms with Gasteiger partial charge in [-0.15, -0.1) is 0 Å². The average Bonchev–Trinajstić information content (AvgIpc) is 3.09. The van der Waals surface area contributed by atoms with E-state index < -0.39 is 0 Å². The molecular weight excluding hydrogens is 287 g/mol. The molecule has 2 aliphatic heterocycles. The van der Waals surface area contributed by atoms with Gasteiger partial charge in [0, 0.05) is 23.7 Å². The van der Waals surface area contributed by atoms with E-state index in [-0.39, 0.29) is 11.2 Å². The number of nitrogens with one attached hydrogen (secondary N) is 1. The van der Waals surface area contributed by atoms with Crippen LogP contribution in [0, 0.1) is 17.7 Å². The molecule has 2 aliphatic carbocycles. The number of rotatable bonds is 1. The second-order valence-corrected chi connectivity index (χ2v) is 8.53. The number of benzene rings is 1. The van der Waals surface area contributed by atoms with Crippen LogP contribution in [0.4, 0.5) is 10.1 Å². The summed E-state index contributed by atoms with van der Waals surface area (Å²) in [4.78, 5) is 2.77. The first kappa shape index (κ1) is 14.3. The summed E-state index contributed by atoms with van der Waals surface area (Å²) in [5.41, 5.74) is 2.58. The van der Waals surface area contributed by atoms with Gasteiger partial charge in [0.2, 0.25) is 0 Å². The minimum atomic E-state index is -0.0851. The number of hydrogen-bond donors (Lipinski definition) is 1. The summed E-state index contributed by atoms with van der Waals surface area (Å²) >= 11 is 0. The van der Waals surface area contributed by atoms with E-state index >= 15 is 0 Å². The van der Waals surface area contributed by atoms with Crippen molar-refractivity contribution in [3.8, 4) is 0 Å². The van der Waals surface area contributed by atoms with E-state index in [0.29, 0.717) is 0 Å². The summed E-state index contributed by atoms with van der Waals surface area (Å²) in [5, 5.41) is 3.52. The largest absolute Gasteiger partial charge is 0.384 e. The van der Waals surface area contributed by atoms with Crippen LogP contribution in [0.3, 0.4) is 0 Å². The van der Waals surface area contributed by atoms with Crippen LogP contribution in [0.25, 0.3) is 0 Å². The van der Waals surface area contributed by atoms with Crippen LogP contribution in [0.1, 0.15) is 50.5 Å². The number of piperidine rings is 1. The van der Waals surface area contributed by atoms with Gasteiger partial charge >= 0.3 is 0 Å². The van der Waals surface area contributed by atoms with Crippen LogP contribution >= 0.6 is 0 Å². The highest BCUT2D eigenvalue weighted by atomic mass is 19.1. The molecule has 0 radical (unpaired) electrons. The van der Waals surface area contributed by atoms with E-state index in [9.17, 15) is 4.39 Å². The molecule has 2 unspecified atom stereocenters. The Kier molecular flexibility index (Phi) is 3.23. The number of halogens is 1. The molecule has 1 saturated heterocycles. The van der Waals surface area contributed by atoms with E-state index in [1.165, 1.54) is 63.6 Å². The van der Waals surface area contributed by atoms with Gasteiger partial charge in [0.25, 0.3) is 0 Å². The monoisotopic (exact) mass is 314 g/mol. The van der Waals surface area contributed by atoms with Crippen molar-refractivity contribution in [2.45, 2.75) is 56.4 Å². The fourth-order valence-corrected chi connectivity index (χ4v) is 6.00. The summed E-state index contributed by atoms with van der Waals surface area (Å²) in [6.45, 7) is 3.39. The van der Waals surface area contributed by atoms with Crippen molar-refractivity contribution in [1.29, 1.82) is 0 Å². The zero-order chi connectivity index (χ0) is 15.4. The van der Waals surface area contributed by atoms with E-state index in [1.807, 2.05) is 6.07 Å². The zero-order valence-electron chi connectivity index (χ0n) is 13.9. The molecule has 4 aliphatic rings. The smallest absolute Gasteiger partial charge is 0.123 e. The fourth-order valence-electron chi connectivity index (χ4n) is 6.00. The van der Waals surface area contributed by atoms with E-state index in [4.69, 9.17) is 0 Å². The molecule has 23 heavy (non-hydrogen) atoms. The molecule has 124 valence electrons. The quantitative estimate of drug-likeness (QED) is 0.837. The van der Waals surface area contributed by atoms with Gasteiger partial charge in [-0.3, -0.25) is 0 Å². The second-order valence-electron chi connectivity index (χ2n) is 8.53. The predicted octanol–water partition coefficient (Wildman–Crippen LogP) is 4.16. The van der Waals surface area contributed by atoms with Gasteiger partial charge in [-0.25, -0.2) is 4.39 Å². The molecule has 1 aromatic rings. The minimum Gasteiger partial charge on any atom is -0.384 e. The van der Waals surface area contributed by atoms with E-state index in [2.05, 4.69) is 10.2 Å². The fraction of sp³-hybridized carbons (Fsp3) is 0.700. The predicted molar refractivity (Wildman–Crippen MR) is 91.2 cm³/mol. The Bertz CT molecular complexity index is 594. The first-order valence-electron chi connectivity index (χ1n) is 9.50. The summed E-state index contributed by atoms with van der Waals surface area (Å²) in [5.74, 6) is 1.94. The first-order valence-corrected chi connectivity index (χ1v) is 9.50. The Balaban J connectivity index is 1.31. The van der Waals surface area contributed by atoms with E-state index in [0.717, 1.165) is 30.1 Å². The lowest BCUT2D eigenvalue weighted by Crippen LogP contribution is -2.49. The van der Waals surface area contributed by atoms with Crippen LogP contribution in [-0.4, -0.2) is 30.6 Å². The van der Waals surface area contributed by atoms with Gasteiger partial charge in [0.1, 0.15) is 5.82 Å². The molecule has 0 amide bonds. The van der Waals surface area contributed by atoms with Crippen LogP contribution in [0.2, 0.25) is 0 Å². The topological polar surface area (TPSA) is 15.3 Å². The summed E-state index contributed by atoms with van der Waals surface area (Å²) in [7, 11) is 0. The molecular formula is C20H27FN2. The highest BCUT2D eigenvalue weighted by Crippen LogP contribution is 2.47. The number of anilines is 1. The minimum absolute atomic E-state index is 0.0851. The summed E-state index contributed by atoms with van der Waals surface area (Å²) in [6, 6.07) is 6.12. The highest BCUT2D eigenvalue weighted by Gasteiger charge is 2.44. The molecule has 2 nitrogen and oxygen atoms in total. The van der Waals surface area contributed by atoms with Crippen molar-refractivity contribution in [2.75, 3.05) is 25.0 Å². The van der Waals surface area contributed by atoms with Gasteiger partial charge in [-0.2, -0.15) is 0 Å². The molecule has 1 spiro atoms. The molecule has 2 saturated carbocycles. The zero-order valence-corrected chi connectivity index (χ0v) is 13.9. The molecule has 5 rings (SSSR count). The third-order valence-electron chi connectivity index (χ3n) is 7.30. The highest BCUT2D eigenvalue weighted by molar-refractivity contribution is 5.60. The van der Waals surface area contributed by atoms with Crippen LogP contribution in [0.15, 0.2) is 18.2 Å². The van der Waals surface area contributed by atoms with E-state index in [1.54, 1.807) is 12.1 Å². The van der Waals surface area contributed by atoms with Crippen molar-refractivity contribution < 1.29 is 4.39 Å². The lowest BCUT2D eigenvalue weighted by Gasteiger charge is -2.45. The first-order chi connectivity index (χ1) is 11.2. The Morgan fingerprint density at radius 2 is 1.78 bits per heavy atom. The van der Waals surface area contributed by atoms with Crippen molar-refractivity contribution in [2.24, 2.45) is 11.8 Å². The third kappa shape index (κ3) is 2.31. The number of hydrogen-bond acceptors (Lipinski definition) is 2. The third-order valence-corrected chi connectivity index (χ3v) is 7.30. The Labute approximate surface area is 138 Å². The van der Waals surface area contributed by atoms with Gasteiger partial charge in [0.15, 0.2) is 0 Å². The van der Waals surface area contributed by atoms with Gasteiger partial charge in [0.05, 0.1) is 0 Å². The molecule has 0 aromatic heterocycles.